The summed E-state index contributed by atoms with van der Waals surface area (Å²) in [6, 6.07) is 4.62. The molecule has 0 amide bonds. The van der Waals surface area contributed by atoms with Crippen molar-refractivity contribution in [3.8, 4) is 11.5 Å². The minimum absolute atomic E-state index is 0.0573. The molecule has 0 unspecified atom stereocenters. The first kappa shape index (κ1) is 9.73. The van der Waals surface area contributed by atoms with Crippen LogP contribution in [-0.2, 0) is 9.59 Å². The fourth-order valence-corrected chi connectivity index (χ4v) is 1.29. The maximum atomic E-state index is 11.1. The van der Waals surface area contributed by atoms with Crippen LogP contribution in [0.5, 0.6) is 11.5 Å². The molecule has 1 aliphatic rings. The highest BCUT2D eigenvalue weighted by molar-refractivity contribution is 6.32. The summed E-state index contributed by atoms with van der Waals surface area (Å²) in [5.41, 5.74) is 0. The number of ether oxygens (including phenoxy) is 2. The zero-order chi connectivity index (χ0) is 10.8. The second kappa shape index (κ2) is 3.74. The molecule has 0 bridgehead atoms. The van der Waals surface area contributed by atoms with E-state index in [9.17, 15) is 9.59 Å². The Morgan fingerprint density at radius 2 is 1.67 bits per heavy atom. The number of esters is 2. The molecule has 76 valence electrons. The minimum Gasteiger partial charge on any atom is -0.419 e. The summed E-state index contributed by atoms with van der Waals surface area (Å²) in [7, 11) is 0. The van der Waals surface area contributed by atoms with E-state index in [4.69, 9.17) is 21.1 Å². The third kappa shape index (κ3) is 1.99. The van der Waals surface area contributed by atoms with Crippen LogP contribution in [0.4, 0.5) is 0 Å². The number of rotatable bonds is 0. The number of hydrogen-bond donors (Lipinski definition) is 0. The third-order valence-corrected chi connectivity index (χ3v) is 2.00. The molecule has 0 aromatic heterocycles. The number of halogens is 1. The van der Waals surface area contributed by atoms with Crippen molar-refractivity contribution in [2.24, 2.45) is 0 Å². The third-order valence-electron chi connectivity index (χ3n) is 1.70. The zero-order valence-electron chi connectivity index (χ0n) is 7.40. The summed E-state index contributed by atoms with van der Waals surface area (Å²) in [6.45, 7) is 0. The predicted octanol–water partition coefficient (Wildman–Crippen LogP) is 1.72. The lowest BCUT2D eigenvalue weighted by Crippen LogP contribution is -2.13. The van der Waals surface area contributed by atoms with E-state index in [1.807, 2.05) is 0 Å². The number of hydrogen-bond acceptors (Lipinski definition) is 4. The molecule has 0 spiro atoms. The molecule has 0 saturated carbocycles. The van der Waals surface area contributed by atoms with Crippen LogP contribution in [0.25, 0.3) is 0 Å². The SMILES string of the molecule is O=C1/C=C\C(=O)Oc2c(Cl)cccc2O1. The Labute approximate surface area is 90.0 Å². The van der Waals surface area contributed by atoms with Crippen LogP contribution in [0.1, 0.15) is 0 Å². The van der Waals surface area contributed by atoms with E-state index in [1.165, 1.54) is 12.1 Å². The molecular weight excluding hydrogens is 220 g/mol. The van der Waals surface area contributed by atoms with Crippen molar-refractivity contribution in [3.05, 3.63) is 35.4 Å². The average molecular weight is 225 g/mol. The molecule has 0 fully saturated rings. The molecule has 2 rings (SSSR count). The minimum atomic E-state index is -0.666. The monoisotopic (exact) mass is 224 g/mol. The molecule has 15 heavy (non-hydrogen) atoms. The Morgan fingerprint density at radius 3 is 2.40 bits per heavy atom. The molecule has 0 radical (unpaired) electrons. The van der Waals surface area contributed by atoms with E-state index in [-0.39, 0.29) is 16.5 Å². The van der Waals surface area contributed by atoms with Gasteiger partial charge in [0.25, 0.3) is 0 Å². The second-order valence-corrected chi connectivity index (χ2v) is 3.15. The van der Waals surface area contributed by atoms with Crippen molar-refractivity contribution in [2.75, 3.05) is 0 Å². The van der Waals surface area contributed by atoms with Crippen LogP contribution >= 0.6 is 11.6 Å². The zero-order valence-corrected chi connectivity index (χ0v) is 8.15. The standard InChI is InChI=1S/C10H5ClO4/c11-6-2-1-3-7-10(6)15-9(13)5-4-8(12)14-7/h1-5H/b5-4-. The molecule has 0 N–H and O–H groups in total. The molecule has 5 heteroatoms. The summed E-state index contributed by atoms with van der Waals surface area (Å²) in [5, 5.41) is 0.212. The first-order valence-corrected chi connectivity index (χ1v) is 4.45. The van der Waals surface area contributed by atoms with Gasteiger partial charge in [-0.1, -0.05) is 17.7 Å². The maximum absolute atomic E-state index is 11.1. The van der Waals surface area contributed by atoms with Gasteiger partial charge >= 0.3 is 11.9 Å². The van der Waals surface area contributed by atoms with Crippen LogP contribution in [0.3, 0.4) is 0 Å². The lowest BCUT2D eigenvalue weighted by atomic mass is 10.3. The van der Waals surface area contributed by atoms with E-state index in [2.05, 4.69) is 0 Å². The van der Waals surface area contributed by atoms with Gasteiger partial charge in [-0.05, 0) is 12.1 Å². The van der Waals surface area contributed by atoms with Crippen molar-refractivity contribution in [3.63, 3.8) is 0 Å². The van der Waals surface area contributed by atoms with Gasteiger partial charge in [-0.15, -0.1) is 0 Å². The summed E-state index contributed by atoms with van der Waals surface area (Å²) in [5.74, 6) is -1.12. The highest BCUT2D eigenvalue weighted by atomic mass is 35.5. The number of carbonyl (C=O) groups excluding carboxylic acids is 2. The van der Waals surface area contributed by atoms with Gasteiger partial charge in [0, 0.05) is 12.2 Å². The lowest BCUT2D eigenvalue weighted by Gasteiger charge is -2.11. The van der Waals surface area contributed by atoms with Gasteiger partial charge in [0.15, 0.2) is 11.5 Å². The Hall–Kier alpha value is -1.81. The van der Waals surface area contributed by atoms with Crippen molar-refractivity contribution in [1.82, 2.24) is 0 Å². The maximum Gasteiger partial charge on any atom is 0.336 e. The molecule has 0 atom stereocenters. The summed E-state index contributed by atoms with van der Waals surface area (Å²) in [4.78, 5) is 22.2. The fraction of sp³-hybridized carbons (Fsp3) is 0. The number of benzene rings is 1. The van der Waals surface area contributed by atoms with Crippen LogP contribution in [-0.4, -0.2) is 11.9 Å². The number of para-hydroxylation sites is 1. The van der Waals surface area contributed by atoms with Gasteiger partial charge in [0.2, 0.25) is 0 Å². The Bertz CT molecular complexity index is 464. The second-order valence-electron chi connectivity index (χ2n) is 2.74. The van der Waals surface area contributed by atoms with E-state index in [0.29, 0.717) is 0 Å². The summed E-state index contributed by atoms with van der Waals surface area (Å²) < 4.78 is 9.76. The highest BCUT2D eigenvalue weighted by Crippen LogP contribution is 2.35. The topological polar surface area (TPSA) is 52.6 Å². The Kier molecular flexibility index (Phi) is 2.43. The average Bonchev–Trinajstić information content (AvgIpc) is 2.18. The van der Waals surface area contributed by atoms with Gasteiger partial charge in [-0.3, -0.25) is 0 Å². The van der Waals surface area contributed by atoms with E-state index >= 15 is 0 Å². The molecule has 0 saturated heterocycles. The van der Waals surface area contributed by atoms with Crippen LogP contribution in [0.15, 0.2) is 30.4 Å². The quantitative estimate of drug-likeness (QED) is 0.497. The van der Waals surface area contributed by atoms with Gasteiger partial charge in [0.1, 0.15) is 0 Å². The molecule has 0 aliphatic carbocycles. The number of carbonyl (C=O) groups is 2. The van der Waals surface area contributed by atoms with Crippen LogP contribution in [0.2, 0.25) is 5.02 Å². The molecule has 1 aromatic carbocycles. The molecule has 1 aromatic rings. The molecule has 1 aliphatic heterocycles. The molecule has 1 heterocycles. The van der Waals surface area contributed by atoms with Crippen LogP contribution in [0, 0.1) is 0 Å². The van der Waals surface area contributed by atoms with Crippen molar-refractivity contribution < 1.29 is 19.1 Å². The summed E-state index contributed by atoms with van der Waals surface area (Å²) in [6.07, 6.45) is 1.97. The van der Waals surface area contributed by atoms with Gasteiger partial charge in [-0.25, -0.2) is 9.59 Å². The Balaban J connectivity index is 2.51. The van der Waals surface area contributed by atoms with Gasteiger partial charge in [0.05, 0.1) is 5.02 Å². The smallest absolute Gasteiger partial charge is 0.336 e. The summed E-state index contributed by atoms with van der Waals surface area (Å²) >= 11 is 5.79. The number of fused-ring (bicyclic) bond motifs is 1. The molecular formula is C10H5ClO4. The Morgan fingerprint density at radius 1 is 1.00 bits per heavy atom. The predicted molar refractivity (Wildman–Crippen MR) is 51.9 cm³/mol. The van der Waals surface area contributed by atoms with Gasteiger partial charge < -0.3 is 9.47 Å². The van der Waals surface area contributed by atoms with E-state index in [1.54, 1.807) is 6.07 Å². The van der Waals surface area contributed by atoms with Crippen molar-refractivity contribution >= 4 is 23.5 Å². The van der Waals surface area contributed by atoms with Crippen LogP contribution < -0.4 is 9.47 Å². The first-order valence-electron chi connectivity index (χ1n) is 4.07. The lowest BCUT2D eigenvalue weighted by molar-refractivity contribution is -0.133. The van der Waals surface area contributed by atoms with Crippen molar-refractivity contribution in [1.29, 1.82) is 0 Å². The van der Waals surface area contributed by atoms with E-state index < -0.39 is 11.9 Å². The first-order chi connectivity index (χ1) is 7.16. The normalized spacial score (nSPS) is 16.9. The highest BCUT2D eigenvalue weighted by Gasteiger charge is 2.17. The van der Waals surface area contributed by atoms with Gasteiger partial charge in [-0.2, -0.15) is 0 Å². The molecule has 4 nitrogen and oxygen atoms in total. The largest absolute Gasteiger partial charge is 0.419 e. The van der Waals surface area contributed by atoms with Crippen molar-refractivity contribution in [2.45, 2.75) is 0 Å². The fourth-order valence-electron chi connectivity index (χ4n) is 1.08. The van der Waals surface area contributed by atoms with E-state index in [0.717, 1.165) is 12.2 Å².